The van der Waals surface area contributed by atoms with Gasteiger partial charge in [0, 0.05) is 12.8 Å². The Kier molecular flexibility index (Phi) is 14.0. The second-order valence-corrected chi connectivity index (χ2v) is 7.45. The van der Waals surface area contributed by atoms with Crippen molar-refractivity contribution in [1.29, 1.82) is 0 Å². The first-order chi connectivity index (χ1) is 15.4. The zero-order chi connectivity index (χ0) is 25.6. The molecular weight excluding hydrogens is 442 g/mol. The average molecular weight is 475 g/mol. The SMILES string of the molecule is C[C@H](NC(=O)[C@H](CCCCN)NC(=O)[C@H](CCC(=O)O)NC(=O)[C@@H](N)CCC(=O)O)C(=O)O. The molecule has 14 heteroatoms. The monoisotopic (exact) mass is 475 g/mol. The number of rotatable bonds is 17. The first-order valence-corrected chi connectivity index (χ1v) is 10.4. The van der Waals surface area contributed by atoms with Gasteiger partial charge in [-0.3, -0.25) is 28.8 Å². The molecule has 0 saturated carbocycles. The van der Waals surface area contributed by atoms with Gasteiger partial charge >= 0.3 is 17.9 Å². The summed E-state index contributed by atoms with van der Waals surface area (Å²) in [5.74, 6) is -6.17. The van der Waals surface area contributed by atoms with Crippen molar-refractivity contribution in [3.05, 3.63) is 0 Å². The quantitative estimate of drug-likeness (QED) is 0.104. The highest BCUT2D eigenvalue weighted by Gasteiger charge is 2.29. The van der Waals surface area contributed by atoms with Gasteiger partial charge in [0.1, 0.15) is 18.1 Å². The van der Waals surface area contributed by atoms with Crippen LogP contribution in [0.4, 0.5) is 0 Å². The molecule has 0 spiro atoms. The lowest BCUT2D eigenvalue weighted by molar-refractivity contribution is -0.142. The lowest BCUT2D eigenvalue weighted by Crippen LogP contribution is -2.56. The zero-order valence-corrected chi connectivity index (χ0v) is 18.4. The van der Waals surface area contributed by atoms with E-state index in [0.717, 1.165) is 0 Å². The minimum atomic E-state index is -1.37. The van der Waals surface area contributed by atoms with Gasteiger partial charge in [-0.05, 0) is 45.6 Å². The van der Waals surface area contributed by atoms with Gasteiger partial charge in [-0.1, -0.05) is 0 Å². The van der Waals surface area contributed by atoms with Gasteiger partial charge < -0.3 is 42.7 Å². The van der Waals surface area contributed by atoms with Crippen molar-refractivity contribution < 1.29 is 44.1 Å². The highest BCUT2D eigenvalue weighted by molar-refractivity contribution is 5.94. The molecule has 0 aromatic rings. The first kappa shape index (κ1) is 29.7. The molecule has 0 radical (unpaired) electrons. The minimum Gasteiger partial charge on any atom is -0.481 e. The van der Waals surface area contributed by atoms with E-state index in [1.807, 2.05) is 0 Å². The van der Waals surface area contributed by atoms with Gasteiger partial charge in [-0.15, -0.1) is 0 Å². The Morgan fingerprint density at radius 3 is 1.73 bits per heavy atom. The average Bonchev–Trinajstić information content (AvgIpc) is 2.73. The first-order valence-electron chi connectivity index (χ1n) is 10.4. The molecule has 0 aromatic carbocycles. The lowest BCUT2D eigenvalue weighted by Gasteiger charge is -2.24. The molecule has 0 aliphatic carbocycles. The zero-order valence-electron chi connectivity index (χ0n) is 18.4. The largest absolute Gasteiger partial charge is 0.481 e. The van der Waals surface area contributed by atoms with E-state index >= 15 is 0 Å². The third kappa shape index (κ3) is 13.0. The van der Waals surface area contributed by atoms with E-state index in [9.17, 15) is 28.8 Å². The topological polar surface area (TPSA) is 251 Å². The summed E-state index contributed by atoms with van der Waals surface area (Å²) < 4.78 is 0. The smallest absolute Gasteiger partial charge is 0.325 e. The summed E-state index contributed by atoms with van der Waals surface area (Å²) in [5, 5.41) is 33.6. The lowest BCUT2D eigenvalue weighted by atomic mass is 10.0. The summed E-state index contributed by atoms with van der Waals surface area (Å²) in [7, 11) is 0. The predicted octanol–water partition coefficient (Wildman–Crippen LogP) is -2.27. The molecule has 0 rings (SSSR count). The number of aliphatic carboxylic acids is 3. The highest BCUT2D eigenvalue weighted by Crippen LogP contribution is 2.06. The summed E-state index contributed by atoms with van der Waals surface area (Å²) in [6.45, 7) is 1.58. The number of hydrogen-bond donors (Lipinski definition) is 8. The number of amides is 3. The maximum Gasteiger partial charge on any atom is 0.325 e. The van der Waals surface area contributed by atoms with Gasteiger partial charge in [0.15, 0.2) is 0 Å². The highest BCUT2D eigenvalue weighted by atomic mass is 16.4. The second-order valence-electron chi connectivity index (χ2n) is 7.45. The predicted molar refractivity (Wildman–Crippen MR) is 114 cm³/mol. The maximum absolute atomic E-state index is 12.8. The van der Waals surface area contributed by atoms with E-state index in [1.165, 1.54) is 6.92 Å². The third-order valence-electron chi connectivity index (χ3n) is 4.59. The molecule has 0 bridgehead atoms. The Balaban J connectivity index is 5.39. The van der Waals surface area contributed by atoms with Gasteiger partial charge in [0.2, 0.25) is 17.7 Å². The molecule has 10 N–H and O–H groups in total. The maximum atomic E-state index is 12.8. The van der Waals surface area contributed by atoms with Crippen LogP contribution in [0, 0.1) is 0 Å². The van der Waals surface area contributed by atoms with Crippen LogP contribution < -0.4 is 27.4 Å². The minimum absolute atomic E-state index is 0.124. The summed E-state index contributed by atoms with van der Waals surface area (Å²) in [5.41, 5.74) is 11.1. The van der Waals surface area contributed by atoms with Gasteiger partial charge in [-0.2, -0.15) is 0 Å². The van der Waals surface area contributed by atoms with E-state index in [2.05, 4.69) is 16.0 Å². The Hall–Kier alpha value is -3.26. The van der Waals surface area contributed by atoms with Crippen LogP contribution in [0.2, 0.25) is 0 Å². The molecule has 0 aromatic heterocycles. The second kappa shape index (κ2) is 15.5. The van der Waals surface area contributed by atoms with Crippen molar-refractivity contribution in [1.82, 2.24) is 16.0 Å². The van der Waals surface area contributed by atoms with E-state index < -0.39 is 66.2 Å². The molecule has 0 heterocycles. The normalized spacial score (nSPS) is 14.3. The molecule has 0 fully saturated rings. The molecule has 0 aliphatic heterocycles. The van der Waals surface area contributed by atoms with Crippen molar-refractivity contribution in [3.63, 3.8) is 0 Å². The van der Waals surface area contributed by atoms with Crippen LogP contribution in [0.5, 0.6) is 0 Å². The number of carbonyl (C=O) groups excluding carboxylic acids is 3. The molecular formula is C19H33N5O9. The Bertz CT molecular complexity index is 716. The summed E-state index contributed by atoms with van der Waals surface area (Å²) in [6.07, 6.45) is -0.297. The van der Waals surface area contributed by atoms with Crippen molar-refractivity contribution in [2.75, 3.05) is 6.54 Å². The van der Waals surface area contributed by atoms with Gasteiger partial charge in [0.05, 0.1) is 6.04 Å². The summed E-state index contributed by atoms with van der Waals surface area (Å²) in [4.78, 5) is 70.1. The number of hydrogen-bond acceptors (Lipinski definition) is 8. The summed E-state index contributed by atoms with van der Waals surface area (Å²) >= 11 is 0. The van der Waals surface area contributed by atoms with Crippen molar-refractivity contribution in [3.8, 4) is 0 Å². The Labute approximate surface area is 190 Å². The number of nitrogens with one attached hydrogen (secondary N) is 3. The number of unbranched alkanes of at least 4 members (excludes halogenated alkanes) is 1. The van der Waals surface area contributed by atoms with Crippen LogP contribution in [0.3, 0.4) is 0 Å². The van der Waals surface area contributed by atoms with E-state index in [0.29, 0.717) is 19.4 Å². The number of carboxylic acid groups (broad SMARTS) is 3. The fourth-order valence-electron chi connectivity index (χ4n) is 2.64. The van der Waals surface area contributed by atoms with Gasteiger partial charge in [-0.25, -0.2) is 0 Å². The molecule has 0 unspecified atom stereocenters. The fourth-order valence-corrected chi connectivity index (χ4v) is 2.64. The number of carbonyl (C=O) groups is 6. The van der Waals surface area contributed by atoms with Crippen molar-refractivity contribution >= 4 is 35.6 Å². The molecule has 188 valence electrons. The van der Waals surface area contributed by atoms with Crippen LogP contribution in [0.25, 0.3) is 0 Å². The van der Waals surface area contributed by atoms with E-state index in [1.54, 1.807) is 0 Å². The van der Waals surface area contributed by atoms with E-state index in [-0.39, 0.29) is 25.7 Å². The fraction of sp³-hybridized carbons (Fsp3) is 0.684. The molecule has 14 nitrogen and oxygen atoms in total. The molecule has 33 heavy (non-hydrogen) atoms. The van der Waals surface area contributed by atoms with Gasteiger partial charge in [0.25, 0.3) is 0 Å². The van der Waals surface area contributed by atoms with Crippen LogP contribution in [0.15, 0.2) is 0 Å². The van der Waals surface area contributed by atoms with Crippen LogP contribution in [0.1, 0.15) is 51.9 Å². The Morgan fingerprint density at radius 1 is 0.727 bits per heavy atom. The van der Waals surface area contributed by atoms with Crippen LogP contribution >= 0.6 is 0 Å². The van der Waals surface area contributed by atoms with Crippen LogP contribution in [-0.2, 0) is 28.8 Å². The van der Waals surface area contributed by atoms with Crippen molar-refractivity contribution in [2.45, 2.75) is 76.0 Å². The van der Waals surface area contributed by atoms with Crippen molar-refractivity contribution in [2.24, 2.45) is 11.5 Å². The standard InChI is InChI=1S/C19H33N5O9/c1-10(19(32)33)22-17(30)12(4-2-3-9-20)24-18(31)13(6-8-15(27)28)23-16(29)11(21)5-7-14(25)26/h10-13H,2-9,20-21H2,1H3,(H,22,30)(H,23,29)(H,24,31)(H,25,26)(H,27,28)(H,32,33)/t10-,11-,12-,13-/m0/s1. The molecule has 4 atom stereocenters. The molecule has 0 saturated heterocycles. The van der Waals surface area contributed by atoms with E-state index in [4.69, 9.17) is 26.8 Å². The number of nitrogens with two attached hydrogens (primary N) is 2. The molecule has 0 aliphatic rings. The summed E-state index contributed by atoms with van der Waals surface area (Å²) in [6, 6.07) is -5.00. The molecule has 3 amide bonds. The van der Waals surface area contributed by atoms with Crippen LogP contribution in [-0.4, -0.2) is 81.7 Å². The number of carboxylic acids is 3. The third-order valence-corrected chi connectivity index (χ3v) is 4.59. The Morgan fingerprint density at radius 2 is 1.21 bits per heavy atom.